The second-order valence-corrected chi connectivity index (χ2v) is 7.20. The third-order valence-corrected chi connectivity index (χ3v) is 4.64. The van der Waals surface area contributed by atoms with Crippen LogP contribution in [0, 0.1) is 0 Å². The molecule has 0 atom stereocenters. The van der Waals surface area contributed by atoms with Crippen molar-refractivity contribution in [1.29, 1.82) is 0 Å². The molecule has 0 unspecified atom stereocenters. The van der Waals surface area contributed by atoms with Gasteiger partial charge in [-0.15, -0.1) is 0 Å². The van der Waals surface area contributed by atoms with Gasteiger partial charge in [0, 0.05) is 18.0 Å². The molecule has 5 nitrogen and oxygen atoms in total. The van der Waals surface area contributed by atoms with Crippen LogP contribution in [0.25, 0.3) is 10.9 Å². The highest BCUT2D eigenvalue weighted by molar-refractivity contribution is 5.88. The fraction of sp³-hybridized carbons (Fsp3) is 0.500. The molecule has 0 saturated carbocycles. The van der Waals surface area contributed by atoms with Gasteiger partial charge in [-0.3, -0.25) is 4.79 Å². The molecule has 0 fully saturated rings. The highest BCUT2D eigenvalue weighted by atomic mass is 16.5. The molecule has 0 amide bonds. The van der Waals surface area contributed by atoms with E-state index in [2.05, 4.69) is 6.92 Å². The first-order chi connectivity index (χ1) is 13.0. The summed E-state index contributed by atoms with van der Waals surface area (Å²) in [4.78, 5) is 12.9. The molecule has 148 valence electrons. The van der Waals surface area contributed by atoms with Crippen molar-refractivity contribution in [3.8, 4) is 17.2 Å². The van der Waals surface area contributed by atoms with E-state index in [0.29, 0.717) is 17.4 Å². The number of ether oxygens (including phenoxy) is 1. The number of aromatic nitrogens is 1. The van der Waals surface area contributed by atoms with Gasteiger partial charge in [-0.1, -0.05) is 44.6 Å². The van der Waals surface area contributed by atoms with E-state index < -0.39 is 0 Å². The fourth-order valence-electron chi connectivity index (χ4n) is 3.09. The lowest BCUT2D eigenvalue weighted by molar-refractivity contribution is 0.328. The van der Waals surface area contributed by atoms with Crippen LogP contribution in [-0.2, 0) is 6.54 Å². The summed E-state index contributed by atoms with van der Waals surface area (Å²) in [6.07, 6.45) is 8.56. The third-order valence-electron chi connectivity index (χ3n) is 4.64. The van der Waals surface area contributed by atoms with Gasteiger partial charge in [0.25, 0.3) is 5.56 Å². The van der Waals surface area contributed by atoms with Crippen molar-refractivity contribution < 1.29 is 14.9 Å². The van der Waals surface area contributed by atoms with E-state index in [4.69, 9.17) is 4.74 Å². The van der Waals surface area contributed by atoms with E-state index in [1.807, 2.05) is 19.9 Å². The minimum Gasteiger partial charge on any atom is -0.508 e. The molecule has 0 spiro atoms. The number of benzene rings is 1. The van der Waals surface area contributed by atoms with Gasteiger partial charge < -0.3 is 19.5 Å². The average Bonchev–Trinajstić information content (AvgIpc) is 2.62. The summed E-state index contributed by atoms with van der Waals surface area (Å²) in [6.45, 7) is 6.84. The van der Waals surface area contributed by atoms with Gasteiger partial charge in [-0.05, 0) is 38.5 Å². The molecule has 27 heavy (non-hydrogen) atoms. The van der Waals surface area contributed by atoms with Crippen molar-refractivity contribution in [2.75, 3.05) is 6.61 Å². The first-order valence-corrected chi connectivity index (χ1v) is 9.80. The summed E-state index contributed by atoms with van der Waals surface area (Å²) in [6, 6.07) is 4.64. The zero-order valence-electron chi connectivity index (χ0n) is 16.6. The average molecular weight is 373 g/mol. The third kappa shape index (κ3) is 5.52. The molecule has 2 N–H and O–H groups in total. The topological polar surface area (TPSA) is 71.7 Å². The Hall–Kier alpha value is -2.43. The first kappa shape index (κ1) is 20.9. The number of fused-ring (bicyclic) bond motifs is 1. The molecule has 1 heterocycles. The van der Waals surface area contributed by atoms with Crippen LogP contribution in [0.5, 0.6) is 17.2 Å². The van der Waals surface area contributed by atoms with Crippen molar-refractivity contribution >= 4 is 10.9 Å². The lowest BCUT2D eigenvalue weighted by atomic mass is 10.1. The minimum atomic E-state index is -0.360. The smallest absolute Gasteiger partial charge is 0.297 e. The van der Waals surface area contributed by atoms with Crippen LogP contribution >= 0.6 is 0 Å². The maximum atomic E-state index is 12.9. The van der Waals surface area contributed by atoms with Gasteiger partial charge in [-0.25, -0.2) is 0 Å². The van der Waals surface area contributed by atoms with Crippen LogP contribution in [0.2, 0.25) is 0 Å². The standard InChI is InChI=1S/C22H31NO4/c1-4-5-6-7-8-9-13-23-19-15-17(24)10-11-18(19)20(25)21(22(23)26)27-14-12-16(2)3/h10-12,15,24-25H,4-9,13-14H2,1-3H3. The van der Waals surface area contributed by atoms with E-state index in [-0.39, 0.29) is 29.4 Å². The van der Waals surface area contributed by atoms with Crippen LogP contribution in [0.4, 0.5) is 0 Å². The largest absolute Gasteiger partial charge is 0.508 e. The SMILES string of the molecule is CCCCCCCCn1c(=O)c(OCC=C(C)C)c(O)c2ccc(O)cc21. The fourth-order valence-corrected chi connectivity index (χ4v) is 3.09. The summed E-state index contributed by atoms with van der Waals surface area (Å²) in [5.74, 6) is -0.135. The molecule has 5 heteroatoms. The predicted octanol–water partition coefficient (Wildman–Crippen LogP) is 5.12. The Labute approximate surface area is 160 Å². The Morgan fingerprint density at radius 1 is 1.11 bits per heavy atom. The van der Waals surface area contributed by atoms with Crippen molar-refractivity contribution in [2.45, 2.75) is 65.8 Å². The Balaban J connectivity index is 2.32. The second-order valence-electron chi connectivity index (χ2n) is 7.20. The lowest BCUT2D eigenvalue weighted by Gasteiger charge is -2.15. The number of hydrogen-bond acceptors (Lipinski definition) is 4. The van der Waals surface area contributed by atoms with Crippen molar-refractivity contribution in [3.63, 3.8) is 0 Å². The number of pyridine rings is 1. The molecular formula is C22H31NO4. The minimum absolute atomic E-state index is 0.0309. The number of hydrogen-bond donors (Lipinski definition) is 2. The van der Waals surface area contributed by atoms with Crippen LogP contribution in [0.1, 0.15) is 59.3 Å². The molecule has 2 aromatic rings. The highest BCUT2D eigenvalue weighted by Crippen LogP contribution is 2.33. The van der Waals surface area contributed by atoms with Crippen molar-refractivity contribution in [3.05, 3.63) is 40.2 Å². The van der Waals surface area contributed by atoms with Gasteiger partial charge in [-0.2, -0.15) is 0 Å². The number of nitrogens with zero attached hydrogens (tertiary/aromatic N) is 1. The Morgan fingerprint density at radius 3 is 2.52 bits per heavy atom. The highest BCUT2D eigenvalue weighted by Gasteiger charge is 2.17. The summed E-state index contributed by atoms with van der Waals surface area (Å²) in [7, 11) is 0. The number of aromatic hydroxyl groups is 2. The molecule has 0 saturated heterocycles. The normalized spacial score (nSPS) is 10.9. The van der Waals surface area contributed by atoms with Gasteiger partial charge in [0.15, 0.2) is 5.75 Å². The summed E-state index contributed by atoms with van der Waals surface area (Å²) < 4.78 is 7.20. The lowest BCUT2D eigenvalue weighted by Crippen LogP contribution is -2.23. The van der Waals surface area contributed by atoms with E-state index in [1.165, 1.54) is 31.4 Å². The zero-order chi connectivity index (χ0) is 19.8. The summed E-state index contributed by atoms with van der Waals surface area (Å²) in [5, 5.41) is 20.9. The zero-order valence-corrected chi connectivity index (χ0v) is 16.6. The van der Waals surface area contributed by atoms with Crippen LogP contribution in [-0.4, -0.2) is 21.4 Å². The molecule has 1 aromatic heterocycles. The van der Waals surface area contributed by atoms with Gasteiger partial charge in [0.1, 0.15) is 12.4 Å². The maximum Gasteiger partial charge on any atom is 0.297 e. The van der Waals surface area contributed by atoms with Crippen LogP contribution in [0.15, 0.2) is 34.6 Å². The molecule has 0 aliphatic heterocycles. The number of aryl methyl sites for hydroxylation is 1. The summed E-state index contributed by atoms with van der Waals surface area (Å²) in [5.41, 5.74) is 1.24. The molecular weight excluding hydrogens is 342 g/mol. The molecule has 2 rings (SSSR count). The monoisotopic (exact) mass is 373 g/mol. The molecule has 1 aromatic carbocycles. The molecule has 0 radical (unpaired) electrons. The second kappa shape index (κ2) is 10.0. The Bertz CT molecular complexity index is 847. The summed E-state index contributed by atoms with van der Waals surface area (Å²) >= 11 is 0. The van der Waals surface area contributed by atoms with Gasteiger partial charge >= 0.3 is 0 Å². The van der Waals surface area contributed by atoms with E-state index in [0.717, 1.165) is 24.8 Å². The van der Waals surface area contributed by atoms with Gasteiger partial charge in [0.05, 0.1) is 5.52 Å². The first-order valence-electron chi connectivity index (χ1n) is 9.80. The predicted molar refractivity (Wildman–Crippen MR) is 110 cm³/mol. The number of rotatable bonds is 10. The van der Waals surface area contributed by atoms with E-state index in [9.17, 15) is 15.0 Å². The van der Waals surface area contributed by atoms with Crippen LogP contribution < -0.4 is 10.3 Å². The number of allylic oxidation sites excluding steroid dienone is 1. The maximum absolute atomic E-state index is 12.9. The Kier molecular flexibility index (Phi) is 7.77. The van der Waals surface area contributed by atoms with Gasteiger partial charge in [0.2, 0.25) is 5.75 Å². The number of unbranched alkanes of at least 4 members (excludes halogenated alkanes) is 5. The van der Waals surface area contributed by atoms with E-state index in [1.54, 1.807) is 10.6 Å². The van der Waals surface area contributed by atoms with Crippen molar-refractivity contribution in [1.82, 2.24) is 4.57 Å². The molecule has 0 aliphatic rings. The molecule has 0 bridgehead atoms. The number of phenolic OH excluding ortho intramolecular Hbond substituents is 1. The number of phenols is 1. The molecule has 0 aliphatic carbocycles. The quantitative estimate of drug-likeness (QED) is 0.448. The van der Waals surface area contributed by atoms with Crippen molar-refractivity contribution in [2.24, 2.45) is 0 Å². The Morgan fingerprint density at radius 2 is 1.81 bits per heavy atom. The van der Waals surface area contributed by atoms with E-state index >= 15 is 0 Å². The van der Waals surface area contributed by atoms with Crippen LogP contribution in [0.3, 0.4) is 0 Å².